The van der Waals surface area contributed by atoms with Gasteiger partial charge in [0.15, 0.2) is 6.56 Å². The minimum Gasteiger partial charge on any atom is -0.374 e. The van der Waals surface area contributed by atoms with Crippen molar-refractivity contribution in [3.63, 3.8) is 0 Å². The lowest BCUT2D eigenvalue weighted by atomic mass is 10.2. The van der Waals surface area contributed by atoms with Crippen LogP contribution in [0.4, 0.5) is 0 Å². The normalized spacial score (nSPS) is 23.8. The minimum absolute atomic E-state index is 0.0632. The van der Waals surface area contributed by atoms with Gasteiger partial charge < -0.3 is 15.0 Å². The summed E-state index contributed by atoms with van der Waals surface area (Å²) >= 11 is 0. The van der Waals surface area contributed by atoms with E-state index in [0.29, 0.717) is 12.3 Å². The maximum atomic E-state index is 11.5. The molecule has 91 valence electrons. The largest absolute Gasteiger partial charge is 0.374 e. The summed E-state index contributed by atoms with van der Waals surface area (Å²) in [5.41, 5.74) is 0. The highest BCUT2D eigenvalue weighted by Gasteiger charge is 2.17. The van der Waals surface area contributed by atoms with Crippen LogP contribution in [-0.4, -0.2) is 68.4 Å². The second kappa shape index (κ2) is 7.09. The SMILES string of the molecule is C=S([B]C)CC(=O)NCC1CN(C)CCO1. The van der Waals surface area contributed by atoms with Gasteiger partial charge in [-0.15, -0.1) is 0 Å². The van der Waals surface area contributed by atoms with Crippen LogP contribution in [0.5, 0.6) is 0 Å². The number of hydrogen-bond donors (Lipinski definition) is 1. The number of carbonyl (C=O) groups is 1. The van der Waals surface area contributed by atoms with Gasteiger partial charge in [0.05, 0.1) is 18.5 Å². The fraction of sp³-hybridized carbons (Fsp3) is 0.800. The third-order valence-electron chi connectivity index (χ3n) is 2.52. The lowest BCUT2D eigenvalue weighted by molar-refractivity contribution is -0.119. The molecule has 1 N–H and O–H groups in total. The highest BCUT2D eigenvalue weighted by molar-refractivity contribution is 8.35. The molecule has 6 heteroatoms. The Hall–Kier alpha value is -0.325. The molecule has 16 heavy (non-hydrogen) atoms. The number of nitrogens with zero attached hydrogens (tertiary/aromatic N) is 1. The fourth-order valence-corrected chi connectivity index (χ4v) is 2.13. The Morgan fingerprint density at radius 3 is 3.12 bits per heavy atom. The summed E-state index contributed by atoms with van der Waals surface area (Å²) in [5, 5.41) is 2.89. The zero-order chi connectivity index (χ0) is 12.0. The molecule has 1 amide bonds. The van der Waals surface area contributed by atoms with Crippen LogP contribution < -0.4 is 5.32 Å². The standard InChI is InChI=1S/C10H20BN2O2S/c1-11-16(3)8-10(14)12-6-9-7-13(2)4-5-15-9/h9H,3-8H2,1-2H3,(H,12,14). The summed E-state index contributed by atoms with van der Waals surface area (Å²) in [4.78, 5) is 13.7. The van der Waals surface area contributed by atoms with E-state index in [2.05, 4.69) is 23.1 Å². The van der Waals surface area contributed by atoms with Crippen molar-refractivity contribution < 1.29 is 9.53 Å². The lowest BCUT2D eigenvalue weighted by Crippen LogP contribution is -2.46. The third-order valence-corrected chi connectivity index (χ3v) is 3.82. The van der Waals surface area contributed by atoms with Gasteiger partial charge in [-0.2, -0.15) is 0 Å². The summed E-state index contributed by atoms with van der Waals surface area (Å²) in [7, 11) is 1.91. The van der Waals surface area contributed by atoms with Crippen LogP contribution >= 0.6 is 10.3 Å². The van der Waals surface area contributed by atoms with Crippen LogP contribution in [0.25, 0.3) is 0 Å². The summed E-state index contributed by atoms with van der Waals surface area (Å²) in [5.74, 6) is 4.42. The maximum Gasteiger partial charge on any atom is 0.228 e. The number of nitrogens with one attached hydrogen (secondary N) is 1. The Balaban J connectivity index is 2.18. The quantitative estimate of drug-likeness (QED) is 0.537. The zero-order valence-electron chi connectivity index (χ0n) is 10.1. The lowest BCUT2D eigenvalue weighted by Gasteiger charge is -2.30. The maximum absolute atomic E-state index is 11.5. The molecule has 1 heterocycles. The average molecular weight is 243 g/mol. The van der Waals surface area contributed by atoms with Crippen molar-refractivity contribution >= 4 is 28.7 Å². The van der Waals surface area contributed by atoms with Crippen LogP contribution in [0.15, 0.2) is 0 Å². The molecule has 1 aliphatic heterocycles. The fourth-order valence-electron chi connectivity index (χ4n) is 1.52. The van der Waals surface area contributed by atoms with Crippen molar-refractivity contribution in [2.45, 2.75) is 12.9 Å². The van der Waals surface area contributed by atoms with Crippen LogP contribution in [-0.2, 0) is 9.53 Å². The molecule has 0 spiro atoms. The zero-order valence-corrected chi connectivity index (χ0v) is 10.9. The van der Waals surface area contributed by atoms with Gasteiger partial charge in [-0.05, 0) is 7.05 Å². The molecule has 4 nitrogen and oxygen atoms in total. The second-order valence-corrected chi connectivity index (χ2v) is 5.81. The molecule has 0 aromatic carbocycles. The Morgan fingerprint density at radius 2 is 2.50 bits per heavy atom. The number of morpholine rings is 1. The van der Waals surface area contributed by atoms with Gasteiger partial charge in [-0.25, -0.2) is 10.3 Å². The first-order chi connectivity index (χ1) is 7.61. The Labute approximate surface area is 101 Å². The molecule has 0 aromatic rings. The predicted molar refractivity (Wildman–Crippen MR) is 71.4 cm³/mol. The first kappa shape index (κ1) is 13.7. The summed E-state index contributed by atoms with van der Waals surface area (Å²) < 4.78 is 5.55. The van der Waals surface area contributed by atoms with Gasteiger partial charge in [0, 0.05) is 19.6 Å². The third kappa shape index (κ3) is 5.14. The van der Waals surface area contributed by atoms with Gasteiger partial charge >= 0.3 is 0 Å². The van der Waals surface area contributed by atoms with Crippen LogP contribution in [0, 0.1) is 0 Å². The van der Waals surface area contributed by atoms with Gasteiger partial charge in [-0.1, -0.05) is 12.7 Å². The van der Waals surface area contributed by atoms with Crippen molar-refractivity contribution in [1.82, 2.24) is 10.2 Å². The monoisotopic (exact) mass is 243 g/mol. The van der Waals surface area contributed by atoms with E-state index in [9.17, 15) is 4.79 Å². The van der Waals surface area contributed by atoms with E-state index < -0.39 is 0 Å². The van der Waals surface area contributed by atoms with Crippen molar-refractivity contribution in [3.05, 3.63) is 0 Å². The summed E-state index contributed by atoms with van der Waals surface area (Å²) in [6.45, 7) is 7.10. The van der Waals surface area contributed by atoms with Gasteiger partial charge in [0.2, 0.25) is 5.91 Å². The summed E-state index contributed by atoms with van der Waals surface area (Å²) in [6, 6.07) is 0. The van der Waals surface area contributed by atoms with E-state index in [1.54, 1.807) is 0 Å². The molecule has 0 saturated carbocycles. The first-order valence-electron chi connectivity index (χ1n) is 5.47. The Kier molecular flexibility index (Phi) is 6.09. The molecule has 0 aromatic heterocycles. The predicted octanol–water partition coefficient (Wildman–Crippen LogP) is -0.199. The molecule has 1 rings (SSSR count). The molecule has 1 aliphatic rings. The smallest absolute Gasteiger partial charge is 0.228 e. The van der Waals surface area contributed by atoms with Gasteiger partial charge in [0.1, 0.15) is 0 Å². The van der Waals surface area contributed by atoms with E-state index in [1.165, 1.54) is 0 Å². The molecule has 0 bridgehead atoms. The molecular formula is C10H20BN2O2S. The molecule has 0 aliphatic carbocycles. The van der Waals surface area contributed by atoms with E-state index in [0.717, 1.165) is 19.7 Å². The number of amides is 1. The second-order valence-electron chi connectivity index (χ2n) is 3.98. The van der Waals surface area contributed by atoms with Crippen molar-refractivity contribution in [2.24, 2.45) is 0 Å². The van der Waals surface area contributed by atoms with E-state index in [4.69, 9.17) is 4.74 Å². The van der Waals surface area contributed by atoms with Crippen molar-refractivity contribution in [3.8, 4) is 0 Å². The van der Waals surface area contributed by atoms with Crippen LogP contribution in [0.1, 0.15) is 0 Å². The molecule has 1 saturated heterocycles. The average Bonchev–Trinajstić information content (AvgIpc) is 2.26. The van der Waals surface area contributed by atoms with Gasteiger partial charge in [-0.3, -0.25) is 4.79 Å². The number of carbonyl (C=O) groups excluding carboxylic acids is 1. The summed E-state index contributed by atoms with van der Waals surface area (Å²) in [6.07, 6.45) is 0.125. The van der Waals surface area contributed by atoms with Crippen LogP contribution in [0.3, 0.4) is 0 Å². The minimum atomic E-state index is -0.159. The number of likely N-dealkylation sites (N-methyl/N-ethyl adjacent to an activating group) is 1. The van der Waals surface area contributed by atoms with E-state index >= 15 is 0 Å². The first-order valence-corrected chi connectivity index (χ1v) is 7.10. The van der Waals surface area contributed by atoms with Gasteiger partial charge in [0.25, 0.3) is 0 Å². The van der Waals surface area contributed by atoms with Crippen LogP contribution in [0.2, 0.25) is 6.82 Å². The molecule has 2 unspecified atom stereocenters. The number of hydrogen-bond acceptors (Lipinski definition) is 3. The highest BCUT2D eigenvalue weighted by Crippen LogP contribution is 2.05. The molecule has 1 radical (unpaired) electrons. The molecular weight excluding hydrogens is 223 g/mol. The molecule has 1 fully saturated rings. The van der Waals surface area contributed by atoms with E-state index in [-0.39, 0.29) is 22.3 Å². The highest BCUT2D eigenvalue weighted by atomic mass is 32.2. The number of rotatable bonds is 5. The van der Waals surface area contributed by atoms with Crippen molar-refractivity contribution in [2.75, 3.05) is 39.0 Å². The Morgan fingerprint density at radius 1 is 1.75 bits per heavy atom. The topological polar surface area (TPSA) is 41.6 Å². The molecule has 2 atom stereocenters. The number of ether oxygens (including phenoxy) is 1. The van der Waals surface area contributed by atoms with E-state index in [1.807, 2.05) is 13.4 Å². The van der Waals surface area contributed by atoms with Crippen molar-refractivity contribution in [1.29, 1.82) is 0 Å². The Bertz CT molecular complexity index is 263.